The van der Waals surface area contributed by atoms with Crippen LogP contribution in [0.3, 0.4) is 0 Å². The number of nitrogens with two attached hydrogens (primary N) is 1. The van der Waals surface area contributed by atoms with E-state index in [-0.39, 0.29) is 0 Å². The third-order valence-corrected chi connectivity index (χ3v) is 2.22. The van der Waals surface area contributed by atoms with E-state index in [1.807, 2.05) is 12.1 Å². The van der Waals surface area contributed by atoms with Gasteiger partial charge in [0.25, 0.3) is 0 Å². The zero-order chi connectivity index (χ0) is 13.6. The fourth-order valence-electron chi connectivity index (χ4n) is 1.21. The van der Waals surface area contributed by atoms with Gasteiger partial charge in [0.1, 0.15) is 0 Å². The Bertz CT molecular complexity index is 389. The molecule has 18 heavy (non-hydrogen) atoms. The molecule has 2 heteroatoms. The van der Waals surface area contributed by atoms with Crippen molar-refractivity contribution in [2.75, 3.05) is 6.54 Å². The molecule has 0 saturated heterocycles. The van der Waals surface area contributed by atoms with E-state index in [0.29, 0.717) is 6.54 Å². The molecule has 0 atom stereocenters. The predicted molar refractivity (Wildman–Crippen MR) is 81.8 cm³/mol. The molecule has 2 N–H and O–H groups in total. The molecule has 0 fully saturated rings. The van der Waals surface area contributed by atoms with Gasteiger partial charge in [-0.1, -0.05) is 68.6 Å². The monoisotopic (exact) mass is 242 g/mol. The molecule has 0 aromatic heterocycles. The Balaban J connectivity index is 0.000000327. The number of aliphatic imine (C=N–C) groups is 1. The standard InChI is InChI=1S/C8H12N2.C8H10/c1-3-5-8(4-2)6-10-7-9;1-2-8-6-4-3-5-7-8/h3-5,7H,1-2,6H2,(H2,9,10);3-7H,2H2,1H3/b8-5+;. The lowest BCUT2D eigenvalue weighted by molar-refractivity contribution is 1.14. The van der Waals surface area contributed by atoms with Crippen LogP contribution in [0, 0.1) is 0 Å². The van der Waals surface area contributed by atoms with Crippen molar-refractivity contribution in [3.8, 4) is 0 Å². The lowest BCUT2D eigenvalue weighted by Gasteiger charge is -1.91. The van der Waals surface area contributed by atoms with Crippen LogP contribution in [0.4, 0.5) is 0 Å². The first kappa shape index (κ1) is 15.9. The quantitative estimate of drug-likeness (QED) is 0.479. The summed E-state index contributed by atoms with van der Waals surface area (Å²) in [5.41, 5.74) is 7.47. The minimum Gasteiger partial charge on any atom is -0.390 e. The van der Waals surface area contributed by atoms with Gasteiger partial charge < -0.3 is 5.73 Å². The Labute approximate surface area is 110 Å². The number of nitrogens with zero attached hydrogens (tertiary/aromatic N) is 1. The average Bonchev–Trinajstić information content (AvgIpc) is 2.45. The van der Waals surface area contributed by atoms with E-state index in [1.54, 1.807) is 12.2 Å². The molecule has 1 aromatic rings. The summed E-state index contributed by atoms with van der Waals surface area (Å²) in [6.07, 6.45) is 7.69. The normalized spacial score (nSPS) is 10.6. The van der Waals surface area contributed by atoms with Gasteiger partial charge in [-0.3, -0.25) is 4.99 Å². The second-order valence-corrected chi connectivity index (χ2v) is 3.51. The van der Waals surface area contributed by atoms with Crippen LogP contribution < -0.4 is 5.73 Å². The zero-order valence-corrected chi connectivity index (χ0v) is 11.0. The molecule has 0 aliphatic heterocycles. The highest BCUT2D eigenvalue weighted by atomic mass is 14.8. The summed E-state index contributed by atoms with van der Waals surface area (Å²) in [4.78, 5) is 3.83. The molecule has 0 aliphatic carbocycles. The van der Waals surface area contributed by atoms with Gasteiger partial charge in [0, 0.05) is 0 Å². The summed E-state index contributed by atoms with van der Waals surface area (Å²) in [5, 5.41) is 0. The molecule has 1 rings (SSSR count). The molecule has 0 saturated carbocycles. The Morgan fingerprint density at radius 3 is 2.33 bits per heavy atom. The Morgan fingerprint density at radius 2 is 1.94 bits per heavy atom. The largest absolute Gasteiger partial charge is 0.390 e. The smallest absolute Gasteiger partial charge is 0.0801 e. The minimum atomic E-state index is 0.575. The van der Waals surface area contributed by atoms with Crippen molar-refractivity contribution in [3.63, 3.8) is 0 Å². The summed E-state index contributed by atoms with van der Waals surface area (Å²) < 4.78 is 0. The summed E-state index contributed by atoms with van der Waals surface area (Å²) in [5.74, 6) is 0. The van der Waals surface area contributed by atoms with Gasteiger partial charge in [-0.2, -0.15) is 0 Å². The number of allylic oxidation sites excluding steroid dienone is 2. The van der Waals surface area contributed by atoms with Crippen LogP contribution >= 0.6 is 0 Å². The number of hydrogen-bond acceptors (Lipinski definition) is 1. The van der Waals surface area contributed by atoms with Crippen molar-refractivity contribution in [1.82, 2.24) is 0 Å². The van der Waals surface area contributed by atoms with Gasteiger partial charge in [-0.05, 0) is 17.6 Å². The third kappa shape index (κ3) is 8.11. The molecule has 0 spiro atoms. The molecular weight excluding hydrogens is 220 g/mol. The van der Waals surface area contributed by atoms with Gasteiger partial charge in [-0.25, -0.2) is 0 Å². The topological polar surface area (TPSA) is 38.4 Å². The van der Waals surface area contributed by atoms with Gasteiger partial charge in [-0.15, -0.1) is 0 Å². The number of rotatable bonds is 5. The van der Waals surface area contributed by atoms with Gasteiger partial charge in [0.2, 0.25) is 0 Å². The molecular formula is C16H22N2. The maximum atomic E-state index is 5.05. The molecule has 2 nitrogen and oxygen atoms in total. The van der Waals surface area contributed by atoms with Gasteiger partial charge in [0.15, 0.2) is 0 Å². The van der Waals surface area contributed by atoms with Crippen LogP contribution in [0.5, 0.6) is 0 Å². The summed E-state index contributed by atoms with van der Waals surface area (Å²) >= 11 is 0. The maximum absolute atomic E-state index is 5.05. The molecule has 1 aromatic carbocycles. The van der Waals surface area contributed by atoms with Crippen LogP contribution in [0.2, 0.25) is 0 Å². The summed E-state index contributed by atoms with van der Waals surface area (Å²) in [7, 11) is 0. The molecule has 96 valence electrons. The number of aryl methyl sites for hydroxylation is 1. The first-order valence-corrected chi connectivity index (χ1v) is 5.96. The lowest BCUT2D eigenvalue weighted by Crippen LogP contribution is -1.91. The number of hydrogen-bond donors (Lipinski definition) is 1. The van der Waals surface area contributed by atoms with Crippen LogP contribution in [0.1, 0.15) is 12.5 Å². The van der Waals surface area contributed by atoms with E-state index in [0.717, 1.165) is 12.0 Å². The van der Waals surface area contributed by atoms with Crippen LogP contribution in [0.25, 0.3) is 0 Å². The van der Waals surface area contributed by atoms with Crippen molar-refractivity contribution < 1.29 is 0 Å². The lowest BCUT2D eigenvalue weighted by atomic mass is 10.2. The molecule has 0 amide bonds. The van der Waals surface area contributed by atoms with Crippen molar-refractivity contribution in [3.05, 3.63) is 72.9 Å². The van der Waals surface area contributed by atoms with E-state index >= 15 is 0 Å². The SMILES string of the molecule is C=C/C=C(\C=C)CN=CN.CCc1ccccc1. The highest BCUT2D eigenvalue weighted by Crippen LogP contribution is 1.97. The van der Waals surface area contributed by atoms with Crippen LogP contribution in [0.15, 0.2) is 72.3 Å². The van der Waals surface area contributed by atoms with Crippen molar-refractivity contribution >= 4 is 6.34 Å². The Morgan fingerprint density at radius 1 is 1.28 bits per heavy atom. The second-order valence-electron chi connectivity index (χ2n) is 3.51. The molecule has 0 aliphatic rings. The first-order valence-electron chi connectivity index (χ1n) is 5.96. The molecule has 0 heterocycles. The van der Waals surface area contributed by atoms with E-state index < -0.39 is 0 Å². The fourth-order valence-corrected chi connectivity index (χ4v) is 1.21. The van der Waals surface area contributed by atoms with Crippen molar-refractivity contribution in [2.45, 2.75) is 13.3 Å². The zero-order valence-electron chi connectivity index (χ0n) is 11.0. The second kappa shape index (κ2) is 11.4. The summed E-state index contributed by atoms with van der Waals surface area (Å²) in [6, 6.07) is 10.5. The average molecular weight is 242 g/mol. The van der Waals surface area contributed by atoms with Crippen LogP contribution in [-0.2, 0) is 6.42 Å². The van der Waals surface area contributed by atoms with E-state index in [9.17, 15) is 0 Å². The van der Waals surface area contributed by atoms with E-state index in [4.69, 9.17) is 5.73 Å². The molecule has 0 unspecified atom stereocenters. The fraction of sp³-hybridized carbons (Fsp3) is 0.188. The highest BCUT2D eigenvalue weighted by molar-refractivity contribution is 5.51. The minimum absolute atomic E-state index is 0.575. The number of benzene rings is 1. The third-order valence-electron chi connectivity index (χ3n) is 2.22. The summed E-state index contributed by atoms with van der Waals surface area (Å²) in [6.45, 7) is 9.89. The van der Waals surface area contributed by atoms with Gasteiger partial charge >= 0.3 is 0 Å². The molecule has 0 bridgehead atoms. The highest BCUT2D eigenvalue weighted by Gasteiger charge is 1.83. The van der Waals surface area contributed by atoms with Crippen molar-refractivity contribution in [1.29, 1.82) is 0 Å². The Hall–Kier alpha value is -2.09. The van der Waals surface area contributed by atoms with Gasteiger partial charge in [0.05, 0.1) is 12.9 Å². The predicted octanol–water partition coefficient (Wildman–Crippen LogP) is 3.52. The molecule has 0 radical (unpaired) electrons. The van der Waals surface area contributed by atoms with Crippen LogP contribution in [-0.4, -0.2) is 12.9 Å². The maximum Gasteiger partial charge on any atom is 0.0801 e. The van der Waals surface area contributed by atoms with Crippen molar-refractivity contribution in [2.24, 2.45) is 10.7 Å². The first-order chi connectivity index (χ1) is 8.78. The van der Waals surface area contributed by atoms with E-state index in [2.05, 4.69) is 49.3 Å². The Kier molecular flexibility index (Phi) is 10.1. The van der Waals surface area contributed by atoms with E-state index in [1.165, 1.54) is 11.9 Å².